The van der Waals surface area contributed by atoms with Gasteiger partial charge < -0.3 is 14.8 Å². The lowest BCUT2D eigenvalue weighted by Crippen LogP contribution is -2.32. The number of hydrogen-bond acceptors (Lipinski definition) is 6. The zero-order chi connectivity index (χ0) is 20.5. The zero-order valence-corrected chi connectivity index (χ0v) is 16.5. The fourth-order valence-electron chi connectivity index (χ4n) is 3.81. The second-order valence-corrected chi connectivity index (χ2v) is 7.30. The fourth-order valence-corrected chi connectivity index (χ4v) is 3.81. The Morgan fingerprint density at radius 3 is 3.00 bits per heavy atom. The van der Waals surface area contributed by atoms with Crippen LogP contribution in [0, 0.1) is 0 Å². The van der Waals surface area contributed by atoms with Crippen molar-refractivity contribution in [1.29, 1.82) is 0 Å². The highest BCUT2D eigenvalue weighted by atomic mass is 16.5. The third kappa shape index (κ3) is 3.41. The van der Waals surface area contributed by atoms with Crippen molar-refractivity contribution < 1.29 is 14.3 Å². The molecule has 1 N–H and O–H groups in total. The molecule has 3 aromatic heterocycles. The van der Waals surface area contributed by atoms with E-state index in [9.17, 15) is 4.79 Å². The molecule has 1 unspecified atom stereocenters. The van der Waals surface area contributed by atoms with Crippen molar-refractivity contribution in [3.8, 4) is 11.5 Å². The second kappa shape index (κ2) is 7.62. The average Bonchev–Trinajstić information content (AvgIpc) is 3.19. The maximum Gasteiger partial charge on any atom is 0.220 e. The van der Waals surface area contributed by atoms with E-state index in [-0.39, 0.29) is 18.6 Å². The van der Waals surface area contributed by atoms with Gasteiger partial charge in [0.1, 0.15) is 18.1 Å². The lowest BCUT2D eigenvalue weighted by molar-refractivity contribution is -0.123. The molecule has 8 heteroatoms. The normalized spacial score (nSPS) is 16.6. The van der Waals surface area contributed by atoms with Gasteiger partial charge in [0.25, 0.3) is 0 Å². The van der Waals surface area contributed by atoms with Crippen LogP contribution in [0.15, 0.2) is 48.8 Å². The number of carbonyl (C=O) groups is 1. The predicted molar refractivity (Wildman–Crippen MR) is 110 cm³/mol. The standard InChI is InChI=1S/C22H21N5O3/c1-29-15-6-7-16-18(11-15)23-10-9-19(16)30-13-21-26-25-20-8-5-14(12-27(20)21)17-3-2-4-22(28)24-17/h5-12,17H,2-4,13H2,1H3,(H,24,28). The number of pyridine rings is 2. The summed E-state index contributed by atoms with van der Waals surface area (Å²) < 4.78 is 13.3. The van der Waals surface area contributed by atoms with E-state index in [1.165, 1.54) is 0 Å². The van der Waals surface area contributed by atoms with Crippen LogP contribution >= 0.6 is 0 Å². The average molecular weight is 403 g/mol. The summed E-state index contributed by atoms with van der Waals surface area (Å²) >= 11 is 0. The molecular weight excluding hydrogens is 382 g/mol. The van der Waals surface area contributed by atoms with Crippen LogP contribution in [0.5, 0.6) is 11.5 Å². The Labute approximate surface area is 172 Å². The van der Waals surface area contributed by atoms with Crippen LogP contribution in [0.25, 0.3) is 16.6 Å². The van der Waals surface area contributed by atoms with E-state index in [0.29, 0.717) is 12.2 Å². The van der Waals surface area contributed by atoms with E-state index in [4.69, 9.17) is 9.47 Å². The van der Waals surface area contributed by atoms with Gasteiger partial charge in [0.2, 0.25) is 5.91 Å². The number of benzene rings is 1. The number of hydrogen-bond donors (Lipinski definition) is 1. The molecule has 0 bridgehead atoms. The SMILES string of the molecule is COc1ccc2c(OCc3nnc4ccc(C5CCCC(=O)N5)cn34)ccnc2c1. The topological polar surface area (TPSA) is 90.6 Å². The van der Waals surface area contributed by atoms with Gasteiger partial charge in [-0.05, 0) is 42.7 Å². The van der Waals surface area contributed by atoms with Crippen LogP contribution in [0.1, 0.15) is 36.7 Å². The molecule has 4 aromatic rings. The minimum absolute atomic E-state index is 0.0194. The van der Waals surface area contributed by atoms with E-state index >= 15 is 0 Å². The van der Waals surface area contributed by atoms with Gasteiger partial charge in [-0.3, -0.25) is 14.2 Å². The van der Waals surface area contributed by atoms with E-state index < -0.39 is 0 Å². The van der Waals surface area contributed by atoms with Crippen molar-refractivity contribution in [3.05, 3.63) is 60.2 Å². The van der Waals surface area contributed by atoms with Crippen molar-refractivity contribution in [2.45, 2.75) is 31.9 Å². The molecule has 0 saturated carbocycles. The summed E-state index contributed by atoms with van der Waals surface area (Å²) in [5.74, 6) is 2.25. The summed E-state index contributed by atoms with van der Waals surface area (Å²) in [6.45, 7) is 0.257. The number of ether oxygens (including phenoxy) is 2. The molecule has 1 aromatic carbocycles. The molecule has 1 fully saturated rings. The monoisotopic (exact) mass is 403 g/mol. The van der Waals surface area contributed by atoms with Crippen LogP contribution in [0.4, 0.5) is 0 Å². The quantitative estimate of drug-likeness (QED) is 0.550. The highest BCUT2D eigenvalue weighted by Crippen LogP contribution is 2.28. The first-order valence-electron chi connectivity index (χ1n) is 9.90. The molecule has 4 heterocycles. The molecule has 1 aliphatic heterocycles. The Kier molecular flexibility index (Phi) is 4.66. The van der Waals surface area contributed by atoms with Gasteiger partial charge in [-0.1, -0.05) is 6.07 Å². The van der Waals surface area contributed by atoms with E-state index in [1.807, 2.05) is 47.0 Å². The molecule has 5 rings (SSSR count). The van der Waals surface area contributed by atoms with E-state index in [0.717, 1.165) is 46.5 Å². The second-order valence-electron chi connectivity index (χ2n) is 7.30. The van der Waals surface area contributed by atoms with Gasteiger partial charge in [-0.15, -0.1) is 10.2 Å². The number of carbonyl (C=O) groups excluding carboxylic acids is 1. The number of piperidine rings is 1. The summed E-state index contributed by atoms with van der Waals surface area (Å²) in [4.78, 5) is 16.1. The van der Waals surface area contributed by atoms with Gasteiger partial charge in [-0.2, -0.15) is 0 Å². The number of nitrogens with one attached hydrogen (secondary N) is 1. The molecule has 30 heavy (non-hydrogen) atoms. The first-order valence-corrected chi connectivity index (χ1v) is 9.90. The van der Waals surface area contributed by atoms with Crippen molar-refractivity contribution in [2.24, 2.45) is 0 Å². The van der Waals surface area contributed by atoms with Crippen LogP contribution in [-0.2, 0) is 11.4 Å². The largest absolute Gasteiger partial charge is 0.497 e. The number of nitrogens with zero attached hydrogens (tertiary/aromatic N) is 4. The van der Waals surface area contributed by atoms with Crippen molar-refractivity contribution in [3.63, 3.8) is 0 Å². The van der Waals surface area contributed by atoms with Gasteiger partial charge in [0, 0.05) is 30.3 Å². The molecule has 0 spiro atoms. The maximum absolute atomic E-state index is 11.8. The molecule has 1 aliphatic rings. The zero-order valence-electron chi connectivity index (χ0n) is 16.5. The molecule has 1 saturated heterocycles. The highest BCUT2D eigenvalue weighted by molar-refractivity contribution is 5.85. The third-order valence-electron chi connectivity index (χ3n) is 5.40. The Morgan fingerprint density at radius 2 is 2.13 bits per heavy atom. The molecule has 0 aliphatic carbocycles. The third-order valence-corrected chi connectivity index (χ3v) is 5.40. The molecule has 0 radical (unpaired) electrons. The number of aromatic nitrogens is 4. The van der Waals surface area contributed by atoms with Crippen LogP contribution in [-0.4, -0.2) is 32.6 Å². The van der Waals surface area contributed by atoms with Crippen molar-refractivity contribution in [1.82, 2.24) is 24.9 Å². The maximum atomic E-state index is 11.8. The van der Waals surface area contributed by atoms with Gasteiger partial charge in [0.15, 0.2) is 11.5 Å². The van der Waals surface area contributed by atoms with Gasteiger partial charge in [0.05, 0.1) is 18.7 Å². The van der Waals surface area contributed by atoms with E-state index in [1.54, 1.807) is 13.3 Å². The first-order chi connectivity index (χ1) is 14.7. The summed E-state index contributed by atoms with van der Waals surface area (Å²) in [5, 5.41) is 12.5. The lowest BCUT2D eigenvalue weighted by Gasteiger charge is -2.23. The Bertz CT molecular complexity index is 1240. The van der Waals surface area contributed by atoms with Gasteiger partial charge >= 0.3 is 0 Å². The molecule has 8 nitrogen and oxygen atoms in total. The molecule has 152 valence electrons. The van der Waals surface area contributed by atoms with Crippen molar-refractivity contribution >= 4 is 22.5 Å². The Hall–Kier alpha value is -3.68. The number of fused-ring (bicyclic) bond motifs is 2. The summed E-state index contributed by atoms with van der Waals surface area (Å²) in [6, 6.07) is 11.5. The van der Waals surface area contributed by atoms with E-state index in [2.05, 4.69) is 20.5 Å². The molecule has 1 amide bonds. The van der Waals surface area contributed by atoms with Crippen LogP contribution < -0.4 is 14.8 Å². The minimum atomic E-state index is 0.0194. The summed E-state index contributed by atoms with van der Waals surface area (Å²) in [6.07, 6.45) is 6.11. The van der Waals surface area contributed by atoms with Crippen LogP contribution in [0.3, 0.4) is 0 Å². The number of amides is 1. The minimum Gasteiger partial charge on any atom is -0.497 e. The lowest BCUT2D eigenvalue weighted by atomic mass is 9.98. The fraction of sp³-hybridized carbons (Fsp3) is 0.273. The smallest absolute Gasteiger partial charge is 0.220 e. The number of rotatable bonds is 5. The summed E-state index contributed by atoms with van der Waals surface area (Å²) in [5.41, 5.74) is 2.58. The highest BCUT2D eigenvalue weighted by Gasteiger charge is 2.20. The summed E-state index contributed by atoms with van der Waals surface area (Å²) in [7, 11) is 1.63. The van der Waals surface area contributed by atoms with Crippen molar-refractivity contribution in [2.75, 3.05) is 7.11 Å². The Balaban J connectivity index is 1.41. The number of methoxy groups -OCH3 is 1. The van der Waals surface area contributed by atoms with Crippen LogP contribution in [0.2, 0.25) is 0 Å². The Morgan fingerprint density at radius 1 is 1.20 bits per heavy atom. The first kappa shape index (κ1) is 18.4. The molecular formula is C22H21N5O3. The van der Waals surface area contributed by atoms with Gasteiger partial charge in [-0.25, -0.2) is 0 Å². The molecule has 1 atom stereocenters. The predicted octanol–water partition coefficient (Wildman–Crippen LogP) is 3.21.